The highest BCUT2D eigenvalue weighted by Gasteiger charge is 2.16. The van der Waals surface area contributed by atoms with Crippen molar-refractivity contribution in [2.75, 3.05) is 32.0 Å². The van der Waals surface area contributed by atoms with Gasteiger partial charge in [0.05, 0.1) is 21.3 Å². The second-order valence-electron chi connectivity index (χ2n) is 6.01. The van der Waals surface area contributed by atoms with Crippen molar-refractivity contribution in [2.24, 2.45) is 0 Å². The summed E-state index contributed by atoms with van der Waals surface area (Å²) in [6.45, 7) is 0.618. The van der Waals surface area contributed by atoms with Crippen LogP contribution in [0, 0.1) is 0 Å². The first kappa shape index (κ1) is 19.9. The topological polar surface area (TPSA) is 94.6 Å². The van der Waals surface area contributed by atoms with E-state index < -0.39 is 5.91 Å². The summed E-state index contributed by atoms with van der Waals surface area (Å²) >= 11 is 0. The van der Waals surface area contributed by atoms with Crippen LogP contribution in [0.15, 0.2) is 54.6 Å². The van der Waals surface area contributed by atoms with Crippen LogP contribution >= 0.6 is 0 Å². The van der Waals surface area contributed by atoms with Crippen LogP contribution in [0.25, 0.3) is 0 Å². The standard InChI is InChI=1S/C21H22N4O4/c1-27-17-11-15(12-18(28-2)20(17)29-3)23-21(26)16-9-10-19(25-24-16)22-13-14-7-5-4-6-8-14/h4-12H,13H2,1-3H3,(H,22,25)(H,23,26). The van der Waals surface area contributed by atoms with E-state index in [4.69, 9.17) is 14.2 Å². The number of methoxy groups -OCH3 is 3. The third-order valence-electron chi connectivity index (χ3n) is 4.14. The summed E-state index contributed by atoms with van der Waals surface area (Å²) in [5.41, 5.74) is 1.79. The Morgan fingerprint density at radius 3 is 2.14 bits per heavy atom. The zero-order valence-electron chi connectivity index (χ0n) is 16.4. The van der Waals surface area contributed by atoms with Crippen molar-refractivity contribution < 1.29 is 19.0 Å². The van der Waals surface area contributed by atoms with Gasteiger partial charge in [-0.3, -0.25) is 4.79 Å². The second kappa shape index (κ2) is 9.41. The lowest BCUT2D eigenvalue weighted by atomic mass is 10.2. The molecule has 1 aromatic heterocycles. The molecule has 0 fully saturated rings. The molecule has 0 saturated heterocycles. The minimum Gasteiger partial charge on any atom is -0.493 e. The third-order valence-corrected chi connectivity index (χ3v) is 4.14. The molecule has 0 aliphatic rings. The number of ether oxygens (including phenoxy) is 3. The number of nitrogens with one attached hydrogen (secondary N) is 2. The van der Waals surface area contributed by atoms with Gasteiger partial charge in [0.25, 0.3) is 5.91 Å². The minimum atomic E-state index is -0.401. The lowest BCUT2D eigenvalue weighted by Gasteiger charge is -2.14. The fourth-order valence-electron chi connectivity index (χ4n) is 2.68. The summed E-state index contributed by atoms with van der Waals surface area (Å²) in [5, 5.41) is 14.0. The van der Waals surface area contributed by atoms with Gasteiger partial charge in [0.2, 0.25) is 5.75 Å². The summed E-state index contributed by atoms with van der Waals surface area (Å²) in [6.07, 6.45) is 0. The number of nitrogens with zero attached hydrogens (tertiary/aromatic N) is 2. The molecule has 0 radical (unpaired) electrons. The van der Waals surface area contributed by atoms with E-state index in [1.165, 1.54) is 21.3 Å². The van der Waals surface area contributed by atoms with E-state index in [0.717, 1.165) is 5.56 Å². The smallest absolute Gasteiger partial charge is 0.276 e. The predicted molar refractivity (Wildman–Crippen MR) is 110 cm³/mol. The maximum atomic E-state index is 12.5. The van der Waals surface area contributed by atoms with Gasteiger partial charge in [0.1, 0.15) is 5.82 Å². The summed E-state index contributed by atoms with van der Waals surface area (Å²) in [7, 11) is 4.53. The molecule has 0 saturated carbocycles. The molecular weight excluding hydrogens is 372 g/mol. The fourth-order valence-corrected chi connectivity index (χ4v) is 2.68. The van der Waals surface area contributed by atoms with Gasteiger partial charge in [-0.2, -0.15) is 0 Å². The lowest BCUT2D eigenvalue weighted by molar-refractivity contribution is 0.102. The minimum absolute atomic E-state index is 0.184. The molecule has 150 valence electrons. The number of carbonyl (C=O) groups excluding carboxylic acids is 1. The first-order valence-electron chi connectivity index (χ1n) is 8.87. The number of amides is 1. The highest BCUT2D eigenvalue weighted by Crippen LogP contribution is 2.39. The number of aromatic nitrogens is 2. The van der Waals surface area contributed by atoms with Crippen molar-refractivity contribution in [1.82, 2.24) is 10.2 Å². The molecule has 0 aliphatic heterocycles. The zero-order chi connectivity index (χ0) is 20.6. The van der Waals surface area contributed by atoms with E-state index in [1.54, 1.807) is 24.3 Å². The number of carbonyl (C=O) groups is 1. The molecule has 0 aliphatic carbocycles. The van der Waals surface area contributed by atoms with E-state index in [2.05, 4.69) is 20.8 Å². The molecule has 1 heterocycles. The molecule has 0 unspecified atom stereocenters. The number of hydrogen-bond donors (Lipinski definition) is 2. The molecular formula is C21H22N4O4. The maximum absolute atomic E-state index is 12.5. The molecule has 8 nitrogen and oxygen atoms in total. The summed E-state index contributed by atoms with van der Waals surface area (Å²) in [6, 6.07) is 16.5. The Labute approximate surface area is 168 Å². The lowest BCUT2D eigenvalue weighted by Crippen LogP contribution is -2.15. The first-order valence-corrected chi connectivity index (χ1v) is 8.87. The molecule has 0 spiro atoms. The van der Waals surface area contributed by atoms with Gasteiger partial charge >= 0.3 is 0 Å². The fraction of sp³-hybridized carbons (Fsp3) is 0.190. The Bertz CT molecular complexity index is 937. The van der Waals surface area contributed by atoms with E-state index in [-0.39, 0.29) is 5.69 Å². The Morgan fingerprint density at radius 2 is 1.59 bits per heavy atom. The van der Waals surface area contributed by atoms with Gasteiger partial charge in [-0.25, -0.2) is 0 Å². The highest BCUT2D eigenvalue weighted by atomic mass is 16.5. The molecule has 29 heavy (non-hydrogen) atoms. The van der Waals surface area contributed by atoms with Gasteiger partial charge in [0, 0.05) is 24.4 Å². The molecule has 2 aromatic carbocycles. The highest BCUT2D eigenvalue weighted by molar-refractivity contribution is 6.03. The molecule has 0 bridgehead atoms. The summed E-state index contributed by atoms with van der Waals surface area (Å²) < 4.78 is 15.9. The quantitative estimate of drug-likeness (QED) is 0.605. The maximum Gasteiger partial charge on any atom is 0.276 e. The molecule has 3 aromatic rings. The number of benzene rings is 2. The number of hydrogen-bond acceptors (Lipinski definition) is 7. The van der Waals surface area contributed by atoms with Crippen molar-refractivity contribution in [2.45, 2.75) is 6.54 Å². The first-order chi connectivity index (χ1) is 14.1. The van der Waals surface area contributed by atoms with Gasteiger partial charge in [-0.05, 0) is 17.7 Å². The van der Waals surface area contributed by atoms with Crippen LogP contribution in [0.5, 0.6) is 17.2 Å². The Hall–Kier alpha value is -3.81. The van der Waals surface area contributed by atoms with Gasteiger partial charge in [-0.1, -0.05) is 30.3 Å². The molecule has 8 heteroatoms. The van der Waals surface area contributed by atoms with Gasteiger partial charge in [-0.15, -0.1) is 10.2 Å². The van der Waals surface area contributed by atoms with E-state index >= 15 is 0 Å². The van der Waals surface area contributed by atoms with Crippen LogP contribution in [-0.2, 0) is 6.54 Å². The summed E-state index contributed by atoms with van der Waals surface area (Å²) in [4.78, 5) is 12.5. The van der Waals surface area contributed by atoms with Crippen LogP contribution in [0.4, 0.5) is 11.5 Å². The number of rotatable bonds is 8. The third kappa shape index (κ3) is 4.92. The monoisotopic (exact) mass is 394 g/mol. The molecule has 0 atom stereocenters. The van der Waals surface area contributed by atoms with Crippen molar-refractivity contribution in [3.05, 3.63) is 65.9 Å². The Balaban J connectivity index is 1.68. The Kier molecular flexibility index (Phi) is 6.47. The van der Waals surface area contributed by atoms with Crippen molar-refractivity contribution in [3.8, 4) is 17.2 Å². The van der Waals surface area contributed by atoms with Crippen LogP contribution in [-0.4, -0.2) is 37.4 Å². The van der Waals surface area contributed by atoms with Crippen molar-refractivity contribution >= 4 is 17.4 Å². The van der Waals surface area contributed by atoms with E-state index in [0.29, 0.717) is 35.3 Å². The normalized spacial score (nSPS) is 10.2. The summed E-state index contributed by atoms with van der Waals surface area (Å²) in [5.74, 6) is 1.50. The average molecular weight is 394 g/mol. The van der Waals surface area contributed by atoms with Crippen LogP contribution in [0.2, 0.25) is 0 Å². The van der Waals surface area contributed by atoms with Crippen LogP contribution in [0.1, 0.15) is 16.1 Å². The SMILES string of the molecule is COc1cc(NC(=O)c2ccc(NCc3ccccc3)nn2)cc(OC)c1OC. The van der Waals surface area contributed by atoms with E-state index in [1.807, 2.05) is 30.3 Å². The van der Waals surface area contributed by atoms with E-state index in [9.17, 15) is 4.79 Å². The molecule has 1 amide bonds. The zero-order valence-corrected chi connectivity index (χ0v) is 16.4. The van der Waals surface area contributed by atoms with Crippen LogP contribution < -0.4 is 24.8 Å². The average Bonchev–Trinajstić information content (AvgIpc) is 2.77. The van der Waals surface area contributed by atoms with Crippen molar-refractivity contribution in [1.29, 1.82) is 0 Å². The van der Waals surface area contributed by atoms with Crippen LogP contribution in [0.3, 0.4) is 0 Å². The van der Waals surface area contributed by atoms with Gasteiger partial charge < -0.3 is 24.8 Å². The molecule has 2 N–H and O–H groups in total. The van der Waals surface area contributed by atoms with Crippen molar-refractivity contribution in [3.63, 3.8) is 0 Å². The predicted octanol–water partition coefficient (Wildman–Crippen LogP) is 3.37. The Morgan fingerprint density at radius 1 is 0.897 bits per heavy atom. The largest absolute Gasteiger partial charge is 0.493 e. The molecule has 3 rings (SSSR count). The second-order valence-corrected chi connectivity index (χ2v) is 6.01. The number of anilines is 2. The van der Waals surface area contributed by atoms with Gasteiger partial charge in [0.15, 0.2) is 17.2 Å².